The fourth-order valence-electron chi connectivity index (χ4n) is 4.56. The van der Waals surface area contributed by atoms with Crippen LogP contribution in [-0.2, 0) is 14.9 Å². The average Bonchev–Trinajstić information content (AvgIpc) is 3.23. The number of benzene rings is 2. The van der Waals surface area contributed by atoms with Crippen LogP contribution in [0.3, 0.4) is 0 Å². The van der Waals surface area contributed by atoms with E-state index in [0.29, 0.717) is 13.2 Å². The maximum Gasteiger partial charge on any atom is 0.172 e. The van der Waals surface area contributed by atoms with Gasteiger partial charge in [0.1, 0.15) is 0 Å². The number of hydrogen-bond acceptors (Lipinski definition) is 4. The molecule has 28 heavy (non-hydrogen) atoms. The van der Waals surface area contributed by atoms with Gasteiger partial charge in [-0.1, -0.05) is 36.4 Å². The molecular weight excluding hydrogens is 348 g/mol. The standard InChI is InChI=1S/C24H30N2O2/c1-5-27-18-23(2)21-8-6-7-9-22(21)26-16-17-28-24(23,26)15-14-19-10-12-20(13-11-19)25(3)4/h6-15H,5,16-18H2,1-4H3/b15-14+. The van der Waals surface area contributed by atoms with E-state index in [1.807, 2.05) is 6.92 Å². The molecule has 2 aromatic carbocycles. The molecule has 4 rings (SSSR count). The second-order valence-corrected chi connectivity index (χ2v) is 8.00. The van der Waals surface area contributed by atoms with Crippen LogP contribution in [0.25, 0.3) is 6.08 Å². The maximum absolute atomic E-state index is 6.49. The Bertz CT molecular complexity index is 861. The highest BCUT2D eigenvalue weighted by atomic mass is 16.5. The zero-order valence-corrected chi connectivity index (χ0v) is 17.3. The van der Waals surface area contributed by atoms with E-state index in [9.17, 15) is 0 Å². The van der Waals surface area contributed by atoms with Crippen LogP contribution in [0.15, 0.2) is 54.6 Å². The molecule has 0 N–H and O–H groups in total. The summed E-state index contributed by atoms with van der Waals surface area (Å²) in [4.78, 5) is 4.52. The Hall–Kier alpha value is -2.30. The third kappa shape index (κ3) is 2.83. The van der Waals surface area contributed by atoms with Crippen LogP contribution < -0.4 is 9.80 Å². The number of ether oxygens (including phenoxy) is 2. The summed E-state index contributed by atoms with van der Waals surface area (Å²) in [6, 6.07) is 17.3. The molecule has 0 radical (unpaired) electrons. The molecule has 2 heterocycles. The van der Waals surface area contributed by atoms with Gasteiger partial charge in [0.2, 0.25) is 0 Å². The first-order valence-corrected chi connectivity index (χ1v) is 10.1. The molecule has 0 aromatic heterocycles. The summed E-state index contributed by atoms with van der Waals surface area (Å²) in [6.45, 7) is 7.26. The summed E-state index contributed by atoms with van der Waals surface area (Å²) in [7, 11) is 4.12. The first-order chi connectivity index (χ1) is 13.5. The first-order valence-electron chi connectivity index (χ1n) is 10.1. The van der Waals surface area contributed by atoms with E-state index >= 15 is 0 Å². The van der Waals surface area contributed by atoms with E-state index in [4.69, 9.17) is 9.47 Å². The molecule has 2 atom stereocenters. The lowest BCUT2D eigenvalue weighted by Gasteiger charge is -2.42. The van der Waals surface area contributed by atoms with Gasteiger partial charge in [-0.15, -0.1) is 0 Å². The zero-order chi connectivity index (χ0) is 19.8. The van der Waals surface area contributed by atoms with Crippen molar-refractivity contribution in [3.05, 3.63) is 65.7 Å². The molecular formula is C24H30N2O2. The molecule has 1 fully saturated rings. The predicted molar refractivity (Wildman–Crippen MR) is 116 cm³/mol. The Kier molecular flexibility index (Phi) is 4.94. The van der Waals surface area contributed by atoms with E-state index in [2.05, 4.69) is 91.5 Å². The lowest BCUT2D eigenvalue weighted by atomic mass is 9.76. The quantitative estimate of drug-likeness (QED) is 0.748. The SMILES string of the molecule is CCOCC1(C)c2ccccc2N2CCOC21/C=C/c1ccc(N(C)C)cc1. The van der Waals surface area contributed by atoms with Crippen molar-refractivity contribution in [1.82, 2.24) is 0 Å². The molecule has 2 unspecified atom stereocenters. The molecule has 0 aliphatic carbocycles. The van der Waals surface area contributed by atoms with Crippen LogP contribution in [0.5, 0.6) is 0 Å². The van der Waals surface area contributed by atoms with Gasteiger partial charge < -0.3 is 19.3 Å². The number of hydrogen-bond donors (Lipinski definition) is 0. The van der Waals surface area contributed by atoms with Crippen LogP contribution in [-0.4, -0.2) is 46.2 Å². The minimum absolute atomic E-state index is 0.268. The molecule has 1 saturated heterocycles. The van der Waals surface area contributed by atoms with Gasteiger partial charge >= 0.3 is 0 Å². The number of rotatable bonds is 6. The Morgan fingerprint density at radius 1 is 1.14 bits per heavy atom. The molecule has 4 nitrogen and oxygen atoms in total. The fourth-order valence-corrected chi connectivity index (χ4v) is 4.56. The van der Waals surface area contributed by atoms with E-state index in [1.165, 1.54) is 22.5 Å². The highest BCUT2D eigenvalue weighted by Crippen LogP contribution is 2.55. The Morgan fingerprint density at radius 3 is 2.61 bits per heavy atom. The lowest BCUT2D eigenvalue weighted by molar-refractivity contribution is -0.0427. The Labute approximate surface area is 168 Å². The molecule has 2 aliphatic heterocycles. The Balaban J connectivity index is 1.74. The van der Waals surface area contributed by atoms with Crippen molar-refractivity contribution >= 4 is 17.5 Å². The highest BCUT2D eigenvalue weighted by molar-refractivity contribution is 5.70. The van der Waals surface area contributed by atoms with Crippen molar-refractivity contribution in [2.24, 2.45) is 0 Å². The van der Waals surface area contributed by atoms with Crippen molar-refractivity contribution in [2.75, 3.05) is 50.3 Å². The summed E-state index contributed by atoms with van der Waals surface area (Å²) in [5.74, 6) is 0. The zero-order valence-electron chi connectivity index (χ0n) is 17.3. The smallest absolute Gasteiger partial charge is 0.172 e. The van der Waals surface area contributed by atoms with Gasteiger partial charge in [-0.25, -0.2) is 0 Å². The summed E-state index contributed by atoms with van der Waals surface area (Å²) in [6.07, 6.45) is 4.43. The van der Waals surface area contributed by atoms with Crippen LogP contribution in [0, 0.1) is 0 Å². The summed E-state index contributed by atoms with van der Waals surface area (Å²) in [5.41, 5.74) is 4.14. The normalized spacial score (nSPS) is 25.9. The number of nitrogens with zero attached hydrogens (tertiary/aromatic N) is 2. The van der Waals surface area contributed by atoms with Crippen molar-refractivity contribution in [3.8, 4) is 0 Å². The van der Waals surface area contributed by atoms with Crippen LogP contribution in [0.4, 0.5) is 11.4 Å². The summed E-state index contributed by atoms with van der Waals surface area (Å²) in [5, 5.41) is 0. The maximum atomic E-state index is 6.49. The van der Waals surface area contributed by atoms with Crippen LogP contribution in [0.1, 0.15) is 25.0 Å². The van der Waals surface area contributed by atoms with E-state index in [0.717, 1.165) is 13.2 Å². The monoisotopic (exact) mass is 378 g/mol. The summed E-state index contributed by atoms with van der Waals surface area (Å²) >= 11 is 0. The second-order valence-electron chi connectivity index (χ2n) is 8.00. The molecule has 0 amide bonds. The highest BCUT2D eigenvalue weighted by Gasteiger charge is 2.61. The van der Waals surface area contributed by atoms with Gasteiger partial charge in [-0.2, -0.15) is 0 Å². The molecule has 0 spiro atoms. The molecule has 148 valence electrons. The topological polar surface area (TPSA) is 24.9 Å². The van der Waals surface area contributed by atoms with Gasteiger partial charge in [0.15, 0.2) is 5.72 Å². The van der Waals surface area contributed by atoms with Gasteiger partial charge in [-0.05, 0) is 49.2 Å². The minimum atomic E-state index is -0.522. The first kappa shape index (κ1) is 19.0. The third-order valence-corrected chi connectivity index (χ3v) is 6.12. The van der Waals surface area contributed by atoms with Crippen molar-refractivity contribution < 1.29 is 9.47 Å². The largest absolute Gasteiger partial charge is 0.381 e. The van der Waals surface area contributed by atoms with Gasteiger partial charge in [0, 0.05) is 38.6 Å². The van der Waals surface area contributed by atoms with Crippen molar-refractivity contribution in [1.29, 1.82) is 0 Å². The second kappa shape index (κ2) is 7.26. The predicted octanol–water partition coefficient (Wildman–Crippen LogP) is 4.31. The van der Waals surface area contributed by atoms with Gasteiger partial charge in [-0.3, -0.25) is 0 Å². The third-order valence-electron chi connectivity index (χ3n) is 6.12. The van der Waals surface area contributed by atoms with E-state index in [-0.39, 0.29) is 5.41 Å². The number of para-hydroxylation sites is 1. The van der Waals surface area contributed by atoms with Gasteiger partial charge in [0.25, 0.3) is 0 Å². The summed E-state index contributed by atoms with van der Waals surface area (Å²) < 4.78 is 12.5. The van der Waals surface area contributed by atoms with Crippen LogP contribution >= 0.6 is 0 Å². The lowest BCUT2D eigenvalue weighted by Crippen LogP contribution is -2.55. The minimum Gasteiger partial charge on any atom is -0.381 e. The molecule has 2 aliphatic rings. The average molecular weight is 379 g/mol. The molecule has 2 aromatic rings. The van der Waals surface area contributed by atoms with E-state index < -0.39 is 5.72 Å². The Morgan fingerprint density at radius 2 is 1.89 bits per heavy atom. The fraction of sp³-hybridized carbons (Fsp3) is 0.417. The van der Waals surface area contributed by atoms with Crippen molar-refractivity contribution in [3.63, 3.8) is 0 Å². The van der Waals surface area contributed by atoms with Crippen molar-refractivity contribution in [2.45, 2.75) is 25.0 Å². The number of anilines is 2. The molecule has 0 bridgehead atoms. The molecule has 4 heteroatoms. The van der Waals surface area contributed by atoms with Crippen LogP contribution in [0.2, 0.25) is 0 Å². The number of fused-ring (bicyclic) bond motifs is 3. The van der Waals surface area contributed by atoms with E-state index in [1.54, 1.807) is 0 Å². The van der Waals surface area contributed by atoms with Gasteiger partial charge in [0.05, 0.1) is 18.6 Å². The molecule has 0 saturated carbocycles.